The number of rotatable bonds is 3. The number of para-hydroxylation sites is 1. The van der Waals surface area contributed by atoms with Gasteiger partial charge in [0.2, 0.25) is 0 Å². The molecule has 0 amide bonds. The molecule has 0 atom stereocenters. The lowest BCUT2D eigenvalue weighted by molar-refractivity contribution is 0.473. The zero-order valence-corrected chi connectivity index (χ0v) is 10.9. The number of phenols is 1. The van der Waals surface area contributed by atoms with Gasteiger partial charge in [-0.05, 0) is 30.7 Å². The first kappa shape index (κ1) is 13.4. The summed E-state index contributed by atoms with van der Waals surface area (Å²) in [5.74, 6) is -0.822. The molecule has 19 heavy (non-hydrogen) atoms. The van der Waals surface area contributed by atoms with E-state index in [4.69, 9.17) is 0 Å². The number of nitrogens with one attached hydrogen (secondary N) is 1. The van der Waals surface area contributed by atoms with Crippen molar-refractivity contribution < 1.29 is 17.9 Å². The summed E-state index contributed by atoms with van der Waals surface area (Å²) in [6.07, 6.45) is 0. The lowest BCUT2D eigenvalue weighted by atomic mass is 10.2. The molecule has 0 unspecified atom stereocenters. The second-order valence-electron chi connectivity index (χ2n) is 4.03. The molecule has 0 saturated carbocycles. The van der Waals surface area contributed by atoms with E-state index in [0.29, 0.717) is 5.56 Å². The molecule has 100 valence electrons. The van der Waals surface area contributed by atoms with E-state index in [1.54, 1.807) is 13.0 Å². The van der Waals surface area contributed by atoms with Gasteiger partial charge in [0.1, 0.15) is 11.6 Å². The van der Waals surface area contributed by atoms with Crippen LogP contribution in [0.15, 0.2) is 47.4 Å². The highest BCUT2D eigenvalue weighted by Gasteiger charge is 2.17. The van der Waals surface area contributed by atoms with Crippen molar-refractivity contribution in [3.05, 3.63) is 53.8 Å². The third-order valence-electron chi connectivity index (χ3n) is 2.59. The van der Waals surface area contributed by atoms with Gasteiger partial charge >= 0.3 is 0 Å². The molecule has 0 aromatic heterocycles. The van der Waals surface area contributed by atoms with Gasteiger partial charge in [-0.3, -0.25) is 4.72 Å². The largest absolute Gasteiger partial charge is 0.508 e. The summed E-state index contributed by atoms with van der Waals surface area (Å²) in [6.45, 7) is 1.60. The van der Waals surface area contributed by atoms with Crippen molar-refractivity contribution in [1.82, 2.24) is 0 Å². The van der Waals surface area contributed by atoms with Gasteiger partial charge in [-0.25, -0.2) is 12.8 Å². The smallest absolute Gasteiger partial charge is 0.262 e. The first-order valence-electron chi connectivity index (χ1n) is 5.47. The van der Waals surface area contributed by atoms with Crippen molar-refractivity contribution in [1.29, 1.82) is 0 Å². The fraction of sp³-hybridized carbons (Fsp3) is 0.0769. The first-order valence-corrected chi connectivity index (χ1v) is 6.95. The van der Waals surface area contributed by atoms with Crippen molar-refractivity contribution in [2.75, 3.05) is 4.72 Å². The van der Waals surface area contributed by atoms with Crippen LogP contribution in [0.1, 0.15) is 5.56 Å². The Kier molecular flexibility index (Phi) is 3.44. The zero-order valence-electron chi connectivity index (χ0n) is 10.1. The first-order chi connectivity index (χ1) is 8.90. The van der Waals surface area contributed by atoms with Crippen molar-refractivity contribution in [3.63, 3.8) is 0 Å². The molecule has 2 N–H and O–H groups in total. The Bertz CT molecular complexity index is 693. The van der Waals surface area contributed by atoms with Gasteiger partial charge in [0, 0.05) is 6.07 Å². The van der Waals surface area contributed by atoms with Crippen molar-refractivity contribution in [3.8, 4) is 5.75 Å². The predicted molar refractivity (Wildman–Crippen MR) is 70.1 cm³/mol. The fourth-order valence-electron chi connectivity index (χ4n) is 1.61. The monoisotopic (exact) mass is 281 g/mol. The summed E-state index contributed by atoms with van der Waals surface area (Å²) in [5, 5.41) is 9.29. The Morgan fingerprint density at radius 1 is 1.16 bits per heavy atom. The lowest BCUT2D eigenvalue weighted by Crippen LogP contribution is -2.14. The highest BCUT2D eigenvalue weighted by Crippen LogP contribution is 2.24. The van der Waals surface area contributed by atoms with E-state index in [-0.39, 0.29) is 16.3 Å². The molecule has 0 heterocycles. The van der Waals surface area contributed by atoms with E-state index in [0.717, 1.165) is 6.07 Å². The molecule has 0 aliphatic heterocycles. The van der Waals surface area contributed by atoms with Crippen LogP contribution in [0.4, 0.5) is 10.1 Å². The van der Waals surface area contributed by atoms with Crippen molar-refractivity contribution in [2.24, 2.45) is 0 Å². The average molecular weight is 281 g/mol. The minimum atomic E-state index is -3.93. The van der Waals surface area contributed by atoms with Crippen LogP contribution in [0.25, 0.3) is 0 Å². The molecule has 2 aromatic rings. The number of hydrogen-bond donors (Lipinski definition) is 2. The minimum Gasteiger partial charge on any atom is -0.508 e. The normalized spacial score (nSPS) is 11.3. The second kappa shape index (κ2) is 4.89. The summed E-state index contributed by atoms with van der Waals surface area (Å²) < 4.78 is 39.9. The molecule has 6 heteroatoms. The summed E-state index contributed by atoms with van der Waals surface area (Å²) in [4.78, 5) is -0.129. The summed E-state index contributed by atoms with van der Waals surface area (Å²) in [5.41, 5.74) is 0.384. The summed E-state index contributed by atoms with van der Waals surface area (Å²) in [6, 6.07) is 9.44. The molecule has 0 radical (unpaired) electrons. The van der Waals surface area contributed by atoms with Crippen LogP contribution in [0.3, 0.4) is 0 Å². The van der Waals surface area contributed by atoms with E-state index in [2.05, 4.69) is 4.72 Å². The Balaban J connectivity index is 2.42. The fourth-order valence-corrected chi connectivity index (χ4v) is 2.78. The standard InChI is InChI=1S/C13H12FNO3S/c1-9-4-2-7-12(14)13(9)15-19(17,18)11-6-3-5-10(16)8-11/h2-8,15-16H,1H3. The number of hydrogen-bond acceptors (Lipinski definition) is 3. The highest BCUT2D eigenvalue weighted by molar-refractivity contribution is 7.92. The zero-order chi connectivity index (χ0) is 14.0. The molecule has 2 aromatic carbocycles. The van der Waals surface area contributed by atoms with Crippen LogP contribution in [0.2, 0.25) is 0 Å². The maximum Gasteiger partial charge on any atom is 0.262 e. The lowest BCUT2D eigenvalue weighted by Gasteiger charge is -2.11. The number of aryl methyl sites for hydroxylation is 1. The molecule has 0 aliphatic rings. The van der Waals surface area contributed by atoms with Crippen molar-refractivity contribution in [2.45, 2.75) is 11.8 Å². The highest BCUT2D eigenvalue weighted by atomic mass is 32.2. The summed E-state index contributed by atoms with van der Waals surface area (Å²) >= 11 is 0. The Morgan fingerprint density at radius 2 is 1.84 bits per heavy atom. The number of anilines is 1. The van der Waals surface area contributed by atoms with Gasteiger partial charge in [-0.2, -0.15) is 0 Å². The van der Waals surface area contributed by atoms with Crippen LogP contribution >= 0.6 is 0 Å². The predicted octanol–water partition coefficient (Wildman–Crippen LogP) is 2.64. The molecule has 0 bridgehead atoms. The maximum atomic E-state index is 13.6. The van der Waals surface area contributed by atoms with Gasteiger partial charge in [-0.1, -0.05) is 18.2 Å². The molecule has 4 nitrogen and oxygen atoms in total. The average Bonchev–Trinajstić information content (AvgIpc) is 2.34. The molecular weight excluding hydrogens is 269 g/mol. The molecule has 0 spiro atoms. The number of halogens is 1. The van der Waals surface area contributed by atoms with Crippen LogP contribution in [-0.2, 0) is 10.0 Å². The second-order valence-corrected chi connectivity index (χ2v) is 5.72. The van der Waals surface area contributed by atoms with E-state index < -0.39 is 15.8 Å². The van der Waals surface area contributed by atoms with Gasteiger partial charge < -0.3 is 5.11 Å². The Hall–Kier alpha value is -2.08. The third-order valence-corrected chi connectivity index (χ3v) is 3.93. The molecule has 2 rings (SSSR count). The van der Waals surface area contributed by atoms with Gasteiger partial charge in [-0.15, -0.1) is 0 Å². The third kappa shape index (κ3) is 2.85. The molecule has 0 aliphatic carbocycles. The van der Waals surface area contributed by atoms with Crippen LogP contribution in [-0.4, -0.2) is 13.5 Å². The van der Waals surface area contributed by atoms with Crippen molar-refractivity contribution >= 4 is 15.7 Å². The van der Waals surface area contributed by atoms with Crippen LogP contribution in [0, 0.1) is 12.7 Å². The number of sulfonamides is 1. The molecule has 0 saturated heterocycles. The quantitative estimate of drug-likeness (QED) is 0.909. The molecular formula is C13H12FNO3S. The van der Waals surface area contributed by atoms with E-state index in [1.165, 1.54) is 30.3 Å². The topological polar surface area (TPSA) is 66.4 Å². The van der Waals surface area contributed by atoms with Crippen LogP contribution < -0.4 is 4.72 Å². The van der Waals surface area contributed by atoms with E-state index >= 15 is 0 Å². The van der Waals surface area contributed by atoms with Gasteiger partial charge in [0.05, 0.1) is 10.6 Å². The maximum absolute atomic E-state index is 13.6. The summed E-state index contributed by atoms with van der Waals surface area (Å²) in [7, 11) is -3.93. The van der Waals surface area contributed by atoms with E-state index in [9.17, 15) is 17.9 Å². The SMILES string of the molecule is Cc1cccc(F)c1NS(=O)(=O)c1cccc(O)c1. The number of benzene rings is 2. The number of aromatic hydroxyl groups is 1. The van der Waals surface area contributed by atoms with Gasteiger partial charge in [0.15, 0.2) is 0 Å². The number of phenolic OH excluding ortho intramolecular Hbond substituents is 1. The molecule has 0 fully saturated rings. The van der Waals surface area contributed by atoms with Gasteiger partial charge in [0.25, 0.3) is 10.0 Å². The van der Waals surface area contributed by atoms with Crippen LogP contribution in [0.5, 0.6) is 5.75 Å². The minimum absolute atomic E-state index is 0.0918. The Labute approximate surface area is 110 Å². The van der Waals surface area contributed by atoms with E-state index in [1.807, 2.05) is 0 Å². The Morgan fingerprint density at radius 3 is 2.47 bits per heavy atom.